The highest BCUT2D eigenvalue weighted by molar-refractivity contribution is 5.89. The highest BCUT2D eigenvalue weighted by Crippen LogP contribution is 2.22. The van der Waals surface area contributed by atoms with Crippen LogP contribution in [-0.2, 0) is 16.0 Å². The first-order chi connectivity index (χ1) is 12.4. The minimum absolute atomic E-state index is 0.0178. The molecule has 0 aliphatic carbocycles. The van der Waals surface area contributed by atoms with Crippen molar-refractivity contribution < 1.29 is 9.59 Å². The Balaban J connectivity index is 1.54. The standard InChI is InChI=1S/C21H29N3O2/c1-14(2)6-8-22-21(26)17-11-20(25)24(13-17)9-7-16-12-23-19-5-4-15(3)10-18(16)19/h4-5,10,12,14,17,23H,6-9,11,13H2,1-3H3,(H,22,26). The normalized spacial score (nSPS) is 17.5. The fraction of sp³-hybridized carbons (Fsp3) is 0.524. The summed E-state index contributed by atoms with van der Waals surface area (Å²) in [5.41, 5.74) is 3.58. The van der Waals surface area contributed by atoms with E-state index in [1.807, 2.05) is 11.1 Å². The minimum Gasteiger partial charge on any atom is -0.361 e. The number of likely N-dealkylation sites (tertiary alicyclic amines) is 1. The van der Waals surface area contributed by atoms with E-state index in [1.165, 1.54) is 16.5 Å². The van der Waals surface area contributed by atoms with Gasteiger partial charge in [0.25, 0.3) is 0 Å². The lowest BCUT2D eigenvalue weighted by Gasteiger charge is -2.16. The van der Waals surface area contributed by atoms with Crippen molar-refractivity contribution >= 4 is 22.7 Å². The quantitative estimate of drug-likeness (QED) is 0.802. The van der Waals surface area contributed by atoms with Gasteiger partial charge in [0.1, 0.15) is 0 Å². The van der Waals surface area contributed by atoms with Gasteiger partial charge in [-0.2, -0.15) is 0 Å². The number of carbonyl (C=O) groups is 2. The highest BCUT2D eigenvalue weighted by atomic mass is 16.2. The molecule has 1 aromatic carbocycles. The number of aromatic nitrogens is 1. The highest BCUT2D eigenvalue weighted by Gasteiger charge is 2.33. The third-order valence-electron chi connectivity index (χ3n) is 5.18. The summed E-state index contributed by atoms with van der Waals surface area (Å²) in [4.78, 5) is 29.7. The number of hydrogen-bond acceptors (Lipinski definition) is 2. The van der Waals surface area contributed by atoms with Crippen LogP contribution < -0.4 is 5.32 Å². The lowest BCUT2D eigenvalue weighted by atomic mass is 10.1. The van der Waals surface area contributed by atoms with Gasteiger partial charge in [-0.15, -0.1) is 0 Å². The molecule has 1 aromatic heterocycles. The summed E-state index contributed by atoms with van der Waals surface area (Å²) in [6.07, 6.45) is 4.13. The summed E-state index contributed by atoms with van der Waals surface area (Å²) < 4.78 is 0. The Labute approximate surface area is 155 Å². The lowest BCUT2D eigenvalue weighted by Crippen LogP contribution is -2.34. The van der Waals surface area contributed by atoms with E-state index in [2.05, 4.69) is 49.3 Å². The van der Waals surface area contributed by atoms with E-state index in [0.29, 0.717) is 32.0 Å². The van der Waals surface area contributed by atoms with Crippen molar-refractivity contribution in [2.75, 3.05) is 19.6 Å². The van der Waals surface area contributed by atoms with Crippen molar-refractivity contribution in [1.29, 1.82) is 0 Å². The third-order valence-corrected chi connectivity index (χ3v) is 5.18. The maximum Gasteiger partial charge on any atom is 0.225 e. The summed E-state index contributed by atoms with van der Waals surface area (Å²) in [5, 5.41) is 4.20. The van der Waals surface area contributed by atoms with Crippen LogP contribution >= 0.6 is 0 Å². The number of fused-ring (bicyclic) bond motifs is 1. The van der Waals surface area contributed by atoms with Gasteiger partial charge in [-0.3, -0.25) is 9.59 Å². The number of nitrogens with zero attached hydrogens (tertiary/aromatic N) is 1. The van der Waals surface area contributed by atoms with Crippen molar-refractivity contribution in [1.82, 2.24) is 15.2 Å². The average molecular weight is 355 g/mol. The predicted octanol–water partition coefficient (Wildman–Crippen LogP) is 3.03. The molecule has 2 N–H and O–H groups in total. The molecule has 0 bridgehead atoms. The summed E-state index contributed by atoms with van der Waals surface area (Å²) >= 11 is 0. The van der Waals surface area contributed by atoms with E-state index in [9.17, 15) is 9.59 Å². The zero-order valence-corrected chi connectivity index (χ0v) is 16.0. The lowest BCUT2D eigenvalue weighted by molar-refractivity contribution is -0.129. The van der Waals surface area contributed by atoms with Crippen LogP contribution in [0.4, 0.5) is 0 Å². The number of H-pyrrole nitrogens is 1. The molecule has 0 radical (unpaired) electrons. The molecule has 2 heterocycles. The van der Waals surface area contributed by atoms with Crippen LogP contribution in [0.2, 0.25) is 0 Å². The van der Waals surface area contributed by atoms with Crippen molar-refractivity contribution in [3.8, 4) is 0 Å². The Bertz CT molecular complexity index is 794. The number of aryl methyl sites for hydroxylation is 1. The third kappa shape index (κ3) is 4.26. The first kappa shape index (κ1) is 18.5. The molecule has 1 unspecified atom stereocenters. The summed E-state index contributed by atoms with van der Waals surface area (Å²) in [6, 6.07) is 6.36. The zero-order chi connectivity index (χ0) is 18.7. The molecular formula is C21H29N3O2. The number of carbonyl (C=O) groups excluding carboxylic acids is 2. The smallest absolute Gasteiger partial charge is 0.225 e. The van der Waals surface area contributed by atoms with E-state index in [0.717, 1.165) is 18.4 Å². The predicted molar refractivity (Wildman–Crippen MR) is 104 cm³/mol. The van der Waals surface area contributed by atoms with Gasteiger partial charge in [-0.1, -0.05) is 25.5 Å². The SMILES string of the molecule is Cc1ccc2[nH]cc(CCN3CC(C(=O)NCCC(C)C)CC3=O)c2c1. The molecule has 26 heavy (non-hydrogen) atoms. The van der Waals surface area contributed by atoms with Crippen LogP contribution in [-0.4, -0.2) is 41.3 Å². The van der Waals surface area contributed by atoms with Gasteiger partial charge in [0.15, 0.2) is 0 Å². The summed E-state index contributed by atoms with van der Waals surface area (Å²) in [7, 11) is 0. The molecule has 1 saturated heterocycles. The fourth-order valence-corrected chi connectivity index (χ4v) is 3.55. The van der Waals surface area contributed by atoms with Crippen LogP contribution in [0, 0.1) is 18.8 Å². The summed E-state index contributed by atoms with van der Waals surface area (Å²) in [5.74, 6) is 0.464. The van der Waals surface area contributed by atoms with Gasteiger partial charge in [-0.05, 0) is 43.4 Å². The van der Waals surface area contributed by atoms with Crippen molar-refractivity contribution in [2.24, 2.45) is 11.8 Å². The maximum absolute atomic E-state index is 12.3. The number of amides is 2. The maximum atomic E-state index is 12.3. The second-order valence-electron chi connectivity index (χ2n) is 7.83. The second kappa shape index (κ2) is 7.94. The van der Waals surface area contributed by atoms with Gasteiger partial charge < -0.3 is 15.2 Å². The molecule has 0 saturated carbocycles. The molecule has 2 aromatic rings. The minimum atomic E-state index is -0.208. The zero-order valence-electron chi connectivity index (χ0n) is 16.0. The Morgan fingerprint density at radius 1 is 1.38 bits per heavy atom. The Morgan fingerprint density at radius 3 is 2.96 bits per heavy atom. The van der Waals surface area contributed by atoms with E-state index in [-0.39, 0.29) is 17.7 Å². The number of hydrogen-bond donors (Lipinski definition) is 2. The van der Waals surface area contributed by atoms with Gasteiger partial charge in [0.05, 0.1) is 5.92 Å². The summed E-state index contributed by atoms with van der Waals surface area (Å²) in [6.45, 7) is 8.25. The van der Waals surface area contributed by atoms with Gasteiger partial charge in [-0.25, -0.2) is 0 Å². The molecule has 1 aliphatic rings. The molecule has 1 fully saturated rings. The van der Waals surface area contributed by atoms with E-state index >= 15 is 0 Å². The molecule has 1 aliphatic heterocycles. The molecule has 0 spiro atoms. The number of benzene rings is 1. The Kier molecular flexibility index (Phi) is 5.64. The van der Waals surface area contributed by atoms with Crippen LogP contribution in [0.3, 0.4) is 0 Å². The van der Waals surface area contributed by atoms with Crippen LogP contribution in [0.5, 0.6) is 0 Å². The Hall–Kier alpha value is -2.30. The topological polar surface area (TPSA) is 65.2 Å². The molecule has 2 amide bonds. The molecular weight excluding hydrogens is 326 g/mol. The average Bonchev–Trinajstić information content (AvgIpc) is 3.15. The van der Waals surface area contributed by atoms with Gasteiger partial charge >= 0.3 is 0 Å². The van der Waals surface area contributed by atoms with Crippen LogP contribution in [0.15, 0.2) is 24.4 Å². The largest absolute Gasteiger partial charge is 0.361 e. The second-order valence-corrected chi connectivity index (χ2v) is 7.83. The van der Waals surface area contributed by atoms with Gasteiger partial charge in [0, 0.05) is 43.2 Å². The molecule has 1 atom stereocenters. The fourth-order valence-electron chi connectivity index (χ4n) is 3.55. The molecule has 3 rings (SSSR count). The van der Waals surface area contributed by atoms with Gasteiger partial charge in [0.2, 0.25) is 11.8 Å². The van der Waals surface area contributed by atoms with Crippen molar-refractivity contribution in [3.05, 3.63) is 35.5 Å². The van der Waals surface area contributed by atoms with Crippen molar-refractivity contribution in [3.63, 3.8) is 0 Å². The number of rotatable bonds is 7. The van der Waals surface area contributed by atoms with Crippen LogP contribution in [0.1, 0.15) is 37.8 Å². The number of nitrogens with one attached hydrogen (secondary N) is 2. The van der Waals surface area contributed by atoms with E-state index < -0.39 is 0 Å². The molecule has 5 heteroatoms. The van der Waals surface area contributed by atoms with E-state index in [1.54, 1.807) is 0 Å². The first-order valence-electron chi connectivity index (χ1n) is 9.56. The Morgan fingerprint density at radius 2 is 2.19 bits per heavy atom. The monoisotopic (exact) mass is 355 g/mol. The first-order valence-corrected chi connectivity index (χ1v) is 9.56. The van der Waals surface area contributed by atoms with Crippen molar-refractivity contribution in [2.45, 2.75) is 40.0 Å². The molecule has 140 valence electrons. The van der Waals surface area contributed by atoms with Crippen LogP contribution in [0.25, 0.3) is 10.9 Å². The molecule has 5 nitrogen and oxygen atoms in total. The van der Waals surface area contributed by atoms with E-state index in [4.69, 9.17) is 0 Å². The number of aromatic amines is 1.